The Morgan fingerprint density at radius 1 is 1.26 bits per heavy atom. The Kier molecular flexibility index (Phi) is 8.00. The second kappa shape index (κ2) is 10.2. The van der Waals surface area contributed by atoms with Crippen LogP contribution in [0.3, 0.4) is 0 Å². The molecule has 1 heterocycles. The molecule has 1 aromatic carbocycles. The molecule has 0 spiro atoms. The Balaban J connectivity index is 1.86. The lowest BCUT2D eigenvalue weighted by molar-refractivity contribution is -0.128. The molecule has 6 heteroatoms. The molecule has 27 heavy (non-hydrogen) atoms. The molecule has 6 nitrogen and oxygen atoms in total. The van der Waals surface area contributed by atoms with Gasteiger partial charge in [0, 0.05) is 13.0 Å². The molecule has 1 amide bonds. The Morgan fingerprint density at radius 3 is 2.59 bits per heavy atom. The number of carboxylic acid groups (broad SMARTS) is 1. The van der Waals surface area contributed by atoms with Gasteiger partial charge in [0.05, 0.1) is 23.8 Å². The molecule has 1 aliphatic rings. The second-order valence-corrected chi connectivity index (χ2v) is 7.18. The molecule has 0 unspecified atom stereocenters. The fourth-order valence-corrected chi connectivity index (χ4v) is 3.29. The van der Waals surface area contributed by atoms with E-state index < -0.39 is 12.1 Å². The Labute approximate surface area is 160 Å². The van der Waals surface area contributed by atoms with Crippen molar-refractivity contribution in [3.63, 3.8) is 0 Å². The van der Waals surface area contributed by atoms with Gasteiger partial charge in [0.2, 0.25) is 5.91 Å². The minimum absolute atomic E-state index is 0.0118. The maximum atomic E-state index is 12.2. The van der Waals surface area contributed by atoms with E-state index in [2.05, 4.69) is 0 Å². The molecule has 1 saturated heterocycles. The van der Waals surface area contributed by atoms with Crippen molar-refractivity contribution in [2.24, 2.45) is 0 Å². The second-order valence-electron chi connectivity index (χ2n) is 7.18. The van der Waals surface area contributed by atoms with Gasteiger partial charge in [0.15, 0.2) is 0 Å². The van der Waals surface area contributed by atoms with E-state index in [0.717, 1.165) is 18.4 Å². The van der Waals surface area contributed by atoms with Gasteiger partial charge in [-0.25, -0.2) is 4.79 Å². The van der Waals surface area contributed by atoms with Gasteiger partial charge in [0.25, 0.3) is 0 Å². The van der Waals surface area contributed by atoms with Crippen molar-refractivity contribution in [3.05, 3.63) is 47.5 Å². The number of aromatic carboxylic acids is 1. The van der Waals surface area contributed by atoms with E-state index in [0.29, 0.717) is 32.2 Å². The van der Waals surface area contributed by atoms with Crippen LogP contribution >= 0.6 is 0 Å². The summed E-state index contributed by atoms with van der Waals surface area (Å²) in [6, 6.07) is 6.69. The highest BCUT2D eigenvalue weighted by molar-refractivity contribution is 5.87. The zero-order valence-corrected chi connectivity index (χ0v) is 15.8. The van der Waals surface area contributed by atoms with Crippen LogP contribution in [0.25, 0.3) is 0 Å². The largest absolute Gasteiger partial charge is 0.478 e. The lowest BCUT2D eigenvalue weighted by atomic mass is 10.1. The number of rotatable bonds is 10. The van der Waals surface area contributed by atoms with E-state index in [1.807, 2.05) is 11.0 Å². The summed E-state index contributed by atoms with van der Waals surface area (Å²) in [6.45, 7) is 2.30. The lowest BCUT2D eigenvalue weighted by Gasteiger charge is -2.23. The zero-order chi connectivity index (χ0) is 19.8. The number of amides is 1. The number of hydrogen-bond donors (Lipinski definition) is 3. The van der Waals surface area contributed by atoms with Crippen LogP contribution in [0.15, 0.2) is 36.4 Å². The molecule has 0 aromatic heterocycles. The van der Waals surface area contributed by atoms with Crippen LogP contribution in [0.4, 0.5) is 0 Å². The van der Waals surface area contributed by atoms with Gasteiger partial charge in [0.1, 0.15) is 0 Å². The van der Waals surface area contributed by atoms with Crippen molar-refractivity contribution in [2.75, 3.05) is 6.54 Å². The van der Waals surface area contributed by atoms with E-state index in [1.165, 1.54) is 0 Å². The maximum absolute atomic E-state index is 12.2. The third-order valence-corrected chi connectivity index (χ3v) is 4.89. The number of likely N-dealkylation sites (tertiary alicyclic amines) is 1. The quantitative estimate of drug-likeness (QED) is 0.546. The minimum Gasteiger partial charge on any atom is -0.478 e. The molecule has 2 rings (SSSR count). The summed E-state index contributed by atoms with van der Waals surface area (Å²) in [5.41, 5.74) is 1.24. The van der Waals surface area contributed by atoms with E-state index in [9.17, 15) is 19.8 Å². The molecule has 1 fully saturated rings. The van der Waals surface area contributed by atoms with E-state index in [1.54, 1.807) is 37.3 Å². The molecule has 0 radical (unpaired) electrons. The molecular formula is C21H29NO5. The molecule has 1 aromatic rings. The van der Waals surface area contributed by atoms with Gasteiger partial charge < -0.3 is 20.2 Å². The summed E-state index contributed by atoms with van der Waals surface area (Å²) in [4.78, 5) is 24.9. The zero-order valence-electron chi connectivity index (χ0n) is 15.8. The van der Waals surface area contributed by atoms with E-state index in [4.69, 9.17) is 5.11 Å². The fourth-order valence-electron chi connectivity index (χ4n) is 3.29. The van der Waals surface area contributed by atoms with Crippen molar-refractivity contribution in [1.82, 2.24) is 4.90 Å². The first kappa shape index (κ1) is 21.1. The maximum Gasteiger partial charge on any atom is 0.335 e. The number of aliphatic hydroxyl groups excluding tert-OH is 2. The van der Waals surface area contributed by atoms with E-state index in [-0.39, 0.29) is 23.6 Å². The van der Waals surface area contributed by atoms with Crippen LogP contribution in [0.2, 0.25) is 0 Å². The normalized spacial score (nSPS) is 19.6. The highest BCUT2D eigenvalue weighted by Gasteiger charge is 2.28. The summed E-state index contributed by atoms with van der Waals surface area (Å²) in [5.74, 6) is -0.844. The molecule has 148 valence electrons. The van der Waals surface area contributed by atoms with Crippen LogP contribution in [0.1, 0.15) is 54.9 Å². The predicted molar refractivity (Wildman–Crippen MR) is 103 cm³/mol. The van der Waals surface area contributed by atoms with Gasteiger partial charge in [-0.15, -0.1) is 0 Å². The summed E-state index contributed by atoms with van der Waals surface area (Å²) >= 11 is 0. The topological polar surface area (TPSA) is 98.1 Å². The SMILES string of the molecule is C[C@@H](O)CCC[C@@H](O)/C=C/[C@H]1CCC(=O)N1CCc1ccc(C(=O)O)cc1. The molecule has 0 saturated carbocycles. The predicted octanol–water partition coefficient (Wildman–Crippen LogP) is 2.39. The fraction of sp³-hybridized carbons (Fsp3) is 0.524. The number of carbonyl (C=O) groups is 2. The number of carboxylic acids is 1. The highest BCUT2D eigenvalue weighted by Crippen LogP contribution is 2.21. The summed E-state index contributed by atoms with van der Waals surface area (Å²) < 4.78 is 0. The van der Waals surface area contributed by atoms with Gasteiger partial charge in [-0.3, -0.25) is 4.79 Å². The minimum atomic E-state index is -0.950. The van der Waals surface area contributed by atoms with Crippen LogP contribution < -0.4 is 0 Å². The molecule has 1 aliphatic heterocycles. The summed E-state index contributed by atoms with van der Waals surface area (Å²) in [5, 5.41) is 28.2. The van der Waals surface area contributed by atoms with Crippen molar-refractivity contribution in [2.45, 2.75) is 63.7 Å². The summed E-state index contributed by atoms with van der Waals surface area (Å²) in [7, 11) is 0. The number of hydrogen-bond acceptors (Lipinski definition) is 4. The van der Waals surface area contributed by atoms with Crippen molar-refractivity contribution >= 4 is 11.9 Å². The first-order chi connectivity index (χ1) is 12.9. The first-order valence-corrected chi connectivity index (χ1v) is 9.53. The van der Waals surface area contributed by atoms with Crippen LogP contribution in [-0.4, -0.2) is 56.9 Å². The van der Waals surface area contributed by atoms with Crippen molar-refractivity contribution < 1.29 is 24.9 Å². The van der Waals surface area contributed by atoms with Crippen LogP contribution in [-0.2, 0) is 11.2 Å². The monoisotopic (exact) mass is 375 g/mol. The van der Waals surface area contributed by atoms with Gasteiger partial charge in [-0.05, 0) is 56.7 Å². The number of nitrogens with zero attached hydrogens (tertiary/aromatic N) is 1. The summed E-state index contributed by atoms with van der Waals surface area (Å²) in [6.07, 6.45) is 6.66. The lowest BCUT2D eigenvalue weighted by Crippen LogP contribution is -2.33. The Bertz CT molecular complexity index is 653. The third kappa shape index (κ3) is 6.81. The smallest absolute Gasteiger partial charge is 0.335 e. The Hall–Kier alpha value is -2.18. The molecule has 3 N–H and O–H groups in total. The highest BCUT2D eigenvalue weighted by atomic mass is 16.4. The number of carbonyl (C=O) groups excluding carboxylic acids is 1. The van der Waals surface area contributed by atoms with Crippen molar-refractivity contribution in [3.8, 4) is 0 Å². The van der Waals surface area contributed by atoms with Crippen LogP contribution in [0, 0.1) is 0 Å². The van der Waals surface area contributed by atoms with Gasteiger partial charge in [-0.1, -0.05) is 24.3 Å². The molecule has 3 atom stereocenters. The third-order valence-electron chi connectivity index (χ3n) is 4.89. The molecule has 0 aliphatic carbocycles. The van der Waals surface area contributed by atoms with E-state index >= 15 is 0 Å². The standard InChI is InChI=1S/C21H29NO5/c1-15(23)3-2-4-19(24)11-9-18-10-12-20(25)22(18)14-13-16-5-7-17(8-6-16)21(26)27/h5-9,11,15,18-19,23-24H,2-4,10,12-14H2,1H3,(H,26,27)/b11-9+/t15-,18+,19-/m1/s1. The van der Waals surface area contributed by atoms with Gasteiger partial charge in [-0.2, -0.15) is 0 Å². The van der Waals surface area contributed by atoms with Crippen LogP contribution in [0.5, 0.6) is 0 Å². The van der Waals surface area contributed by atoms with Crippen molar-refractivity contribution in [1.29, 1.82) is 0 Å². The molecule has 0 bridgehead atoms. The average Bonchev–Trinajstić information content (AvgIpc) is 2.98. The van der Waals surface area contributed by atoms with Gasteiger partial charge >= 0.3 is 5.97 Å². The number of aliphatic hydroxyl groups is 2. The Morgan fingerprint density at radius 2 is 1.96 bits per heavy atom. The average molecular weight is 375 g/mol. The number of benzene rings is 1. The first-order valence-electron chi connectivity index (χ1n) is 9.53. The molecular weight excluding hydrogens is 346 g/mol.